The van der Waals surface area contributed by atoms with Gasteiger partial charge in [-0.1, -0.05) is 61.4 Å². The third-order valence-electron chi connectivity index (χ3n) is 7.80. The number of likely N-dealkylation sites (tertiary alicyclic amines) is 1. The molecule has 6 heteroatoms. The molecule has 0 bridgehead atoms. The summed E-state index contributed by atoms with van der Waals surface area (Å²) in [5.74, 6) is -0.286. The summed E-state index contributed by atoms with van der Waals surface area (Å²) in [5, 5.41) is 12.7. The number of aliphatic carboxylic acids is 1. The van der Waals surface area contributed by atoms with Crippen LogP contribution >= 0.6 is 0 Å². The number of amides is 1. The topological polar surface area (TPSA) is 78.9 Å². The quantitative estimate of drug-likeness (QED) is 0.673. The number of hydrogen-bond acceptors (Lipinski definition) is 4. The Morgan fingerprint density at radius 1 is 0.970 bits per heavy atom. The number of nitrogens with zero attached hydrogens (tertiary/aromatic N) is 1. The van der Waals surface area contributed by atoms with Gasteiger partial charge in [-0.2, -0.15) is 0 Å². The maximum Gasteiger partial charge on any atom is 0.408 e. The Bertz CT molecular complexity index is 977. The second-order valence-electron chi connectivity index (χ2n) is 9.79. The predicted molar refractivity (Wildman–Crippen MR) is 126 cm³/mol. The molecule has 3 aliphatic rings. The molecule has 5 rings (SSSR count). The van der Waals surface area contributed by atoms with Gasteiger partial charge in [0.05, 0.1) is 0 Å². The monoisotopic (exact) mass is 448 g/mol. The molecule has 1 amide bonds. The van der Waals surface area contributed by atoms with Crippen molar-refractivity contribution in [1.29, 1.82) is 0 Å². The lowest BCUT2D eigenvalue weighted by Crippen LogP contribution is -2.60. The van der Waals surface area contributed by atoms with Gasteiger partial charge in [0.25, 0.3) is 0 Å². The van der Waals surface area contributed by atoms with E-state index in [2.05, 4.69) is 34.5 Å². The minimum absolute atomic E-state index is 0.0443. The first kappa shape index (κ1) is 22.0. The van der Waals surface area contributed by atoms with E-state index in [1.807, 2.05) is 24.3 Å². The number of hydrogen-bond donors (Lipinski definition) is 2. The first-order valence-electron chi connectivity index (χ1n) is 12.1. The van der Waals surface area contributed by atoms with Crippen molar-refractivity contribution in [1.82, 2.24) is 10.2 Å². The maximum absolute atomic E-state index is 12.8. The minimum atomic E-state index is -1.26. The third kappa shape index (κ3) is 4.36. The molecule has 0 atom stereocenters. The average molecular weight is 449 g/mol. The Labute approximate surface area is 194 Å². The SMILES string of the molecule is O=C(NC1(C(=O)O)CCN(CC2CCCC2)CC1)OCC1c2ccccc2-c2ccccc21. The number of piperidine rings is 1. The number of fused-ring (bicyclic) bond motifs is 3. The molecular weight excluding hydrogens is 416 g/mol. The second kappa shape index (κ2) is 9.18. The van der Waals surface area contributed by atoms with Crippen molar-refractivity contribution in [2.45, 2.75) is 50.0 Å². The van der Waals surface area contributed by atoms with Crippen LogP contribution < -0.4 is 5.32 Å². The normalized spacial score (nSPS) is 20.2. The summed E-state index contributed by atoms with van der Waals surface area (Å²) >= 11 is 0. The summed E-state index contributed by atoms with van der Waals surface area (Å²) in [4.78, 5) is 27.3. The lowest BCUT2D eigenvalue weighted by molar-refractivity contribution is -0.147. The maximum atomic E-state index is 12.8. The van der Waals surface area contributed by atoms with Crippen LogP contribution in [0.2, 0.25) is 0 Å². The van der Waals surface area contributed by atoms with Gasteiger partial charge in [-0.05, 0) is 53.9 Å². The Morgan fingerprint density at radius 3 is 2.12 bits per heavy atom. The van der Waals surface area contributed by atoms with Crippen molar-refractivity contribution < 1.29 is 19.4 Å². The molecular formula is C27H32N2O4. The molecule has 2 aliphatic carbocycles. The molecule has 2 aromatic carbocycles. The van der Waals surface area contributed by atoms with Crippen LogP contribution in [-0.2, 0) is 9.53 Å². The smallest absolute Gasteiger partial charge is 0.408 e. The van der Waals surface area contributed by atoms with E-state index in [1.165, 1.54) is 36.8 Å². The number of alkyl carbamates (subject to hydrolysis) is 1. The van der Waals surface area contributed by atoms with E-state index in [9.17, 15) is 14.7 Å². The van der Waals surface area contributed by atoms with Gasteiger partial charge in [-0.3, -0.25) is 0 Å². The summed E-state index contributed by atoms with van der Waals surface area (Å²) in [6.45, 7) is 2.60. The number of carboxylic acid groups (broad SMARTS) is 1. The van der Waals surface area contributed by atoms with Gasteiger partial charge >= 0.3 is 12.1 Å². The molecule has 0 unspecified atom stereocenters. The molecule has 0 radical (unpaired) electrons. The van der Waals surface area contributed by atoms with E-state index in [-0.39, 0.29) is 12.5 Å². The number of benzene rings is 2. The van der Waals surface area contributed by atoms with E-state index >= 15 is 0 Å². The van der Waals surface area contributed by atoms with Gasteiger partial charge in [0, 0.05) is 25.6 Å². The van der Waals surface area contributed by atoms with Gasteiger partial charge < -0.3 is 20.1 Å². The fraction of sp³-hybridized carbons (Fsp3) is 0.481. The van der Waals surface area contributed by atoms with Crippen molar-refractivity contribution in [3.63, 3.8) is 0 Å². The van der Waals surface area contributed by atoms with Crippen LogP contribution in [0.3, 0.4) is 0 Å². The molecule has 0 spiro atoms. The van der Waals surface area contributed by atoms with Crippen LogP contribution in [0, 0.1) is 5.92 Å². The van der Waals surface area contributed by atoms with Gasteiger partial charge in [0.15, 0.2) is 0 Å². The summed E-state index contributed by atoms with van der Waals surface area (Å²) in [6.07, 6.45) is 5.32. The summed E-state index contributed by atoms with van der Waals surface area (Å²) < 4.78 is 5.63. The zero-order valence-corrected chi connectivity index (χ0v) is 19.0. The molecule has 0 aromatic heterocycles. The highest BCUT2D eigenvalue weighted by molar-refractivity contribution is 5.85. The molecule has 2 fully saturated rings. The molecule has 174 valence electrons. The zero-order valence-electron chi connectivity index (χ0n) is 19.0. The zero-order chi connectivity index (χ0) is 22.8. The number of carboxylic acids is 1. The molecule has 2 N–H and O–H groups in total. The number of ether oxygens (including phenoxy) is 1. The van der Waals surface area contributed by atoms with Crippen molar-refractivity contribution >= 4 is 12.1 Å². The van der Waals surface area contributed by atoms with E-state index in [0.717, 1.165) is 23.6 Å². The molecule has 6 nitrogen and oxygen atoms in total. The summed E-state index contributed by atoms with van der Waals surface area (Å²) in [7, 11) is 0. The Balaban J connectivity index is 1.21. The lowest BCUT2D eigenvalue weighted by atomic mass is 9.87. The van der Waals surface area contributed by atoms with E-state index in [0.29, 0.717) is 25.9 Å². The molecule has 1 heterocycles. The van der Waals surface area contributed by atoms with E-state index < -0.39 is 17.6 Å². The van der Waals surface area contributed by atoms with Gasteiger partial charge in [0.1, 0.15) is 12.1 Å². The van der Waals surface area contributed by atoms with E-state index in [1.54, 1.807) is 0 Å². The third-order valence-corrected chi connectivity index (χ3v) is 7.80. The number of nitrogens with one attached hydrogen (secondary N) is 1. The molecule has 1 aliphatic heterocycles. The molecule has 33 heavy (non-hydrogen) atoms. The molecule has 1 saturated heterocycles. The number of carbonyl (C=O) groups is 2. The van der Waals surface area contributed by atoms with Crippen LogP contribution in [0.15, 0.2) is 48.5 Å². The molecule has 2 aromatic rings. The largest absolute Gasteiger partial charge is 0.480 e. The standard InChI is InChI=1S/C27H32N2O4/c30-25(31)27(13-15-29(16-14-27)17-19-7-1-2-8-19)28-26(32)33-18-24-22-11-5-3-9-20(22)21-10-4-6-12-23(21)24/h3-6,9-12,19,24H,1-2,7-8,13-18H2,(H,28,32)(H,30,31). The summed E-state index contributed by atoms with van der Waals surface area (Å²) in [5.41, 5.74) is 3.35. The Morgan fingerprint density at radius 2 is 1.55 bits per heavy atom. The second-order valence-corrected chi connectivity index (χ2v) is 9.79. The highest BCUT2D eigenvalue weighted by atomic mass is 16.5. The number of rotatable bonds is 6. The van der Waals surface area contributed by atoms with Gasteiger partial charge in [0.2, 0.25) is 0 Å². The van der Waals surface area contributed by atoms with E-state index in [4.69, 9.17) is 4.74 Å². The highest BCUT2D eigenvalue weighted by Gasteiger charge is 2.44. The lowest BCUT2D eigenvalue weighted by Gasteiger charge is -2.39. The van der Waals surface area contributed by atoms with Crippen LogP contribution in [0.4, 0.5) is 4.79 Å². The van der Waals surface area contributed by atoms with Crippen molar-refractivity contribution in [3.8, 4) is 11.1 Å². The first-order chi connectivity index (χ1) is 16.1. The average Bonchev–Trinajstić information content (AvgIpc) is 3.45. The summed E-state index contributed by atoms with van der Waals surface area (Å²) in [6, 6.07) is 16.3. The predicted octanol–water partition coefficient (Wildman–Crippen LogP) is 4.63. The van der Waals surface area contributed by atoms with Crippen LogP contribution in [0.1, 0.15) is 55.6 Å². The van der Waals surface area contributed by atoms with Crippen LogP contribution in [0.25, 0.3) is 11.1 Å². The van der Waals surface area contributed by atoms with Crippen molar-refractivity contribution in [3.05, 3.63) is 59.7 Å². The fourth-order valence-electron chi connectivity index (χ4n) is 5.90. The number of carbonyl (C=O) groups excluding carboxylic acids is 1. The molecule has 1 saturated carbocycles. The minimum Gasteiger partial charge on any atom is -0.480 e. The highest BCUT2D eigenvalue weighted by Crippen LogP contribution is 2.44. The van der Waals surface area contributed by atoms with Gasteiger partial charge in [-0.15, -0.1) is 0 Å². The van der Waals surface area contributed by atoms with Crippen LogP contribution in [0.5, 0.6) is 0 Å². The van der Waals surface area contributed by atoms with Crippen LogP contribution in [-0.4, -0.2) is 53.8 Å². The first-order valence-corrected chi connectivity index (χ1v) is 12.1. The van der Waals surface area contributed by atoms with Crippen molar-refractivity contribution in [2.75, 3.05) is 26.2 Å². The Kier molecular flexibility index (Phi) is 6.11. The van der Waals surface area contributed by atoms with Crippen molar-refractivity contribution in [2.24, 2.45) is 5.92 Å². The Hall–Kier alpha value is -2.86. The fourth-order valence-corrected chi connectivity index (χ4v) is 5.90. The van der Waals surface area contributed by atoms with Gasteiger partial charge in [-0.25, -0.2) is 9.59 Å².